The van der Waals surface area contributed by atoms with Crippen molar-refractivity contribution in [2.75, 3.05) is 19.5 Å². The molecule has 1 heterocycles. The molecule has 3 rings (SSSR count). The highest BCUT2D eigenvalue weighted by Gasteiger charge is 2.22. The first-order valence-electron chi connectivity index (χ1n) is 9.12. The summed E-state index contributed by atoms with van der Waals surface area (Å²) in [5, 5.41) is 9.85. The molecule has 140 valence electrons. The second-order valence-corrected chi connectivity index (χ2v) is 6.62. The van der Waals surface area contributed by atoms with E-state index in [0.717, 1.165) is 43.5 Å². The van der Waals surface area contributed by atoms with Gasteiger partial charge >= 0.3 is 0 Å². The third-order valence-electron chi connectivity index (χ3n) is 4.84. The van der Waals surface area contributed by atoms with E-state index in [1.165, 1.54) is 6.42 Å². The Balaban J connectivity index is 1.54. The van der Waals surface area contributed by atoms with E-state index in [1.807, 2.05) is 18.2 Å². The third-order valence-corrected chi connectivity index (χ3v) is 4.84. The number of benzene rings is 1. The maximum atomic E-state index is 12.3. The Kier molecular flexibility index (Phi) is 6.09. The Morgan fingerprint density at radius 1 is 1.15 bits per heavy atom. The maximum absolute atomic E-state index is 12.3. The fraction of sp³-hybridized carbons (Fsp3) is 0.526. The molecule has 7 heteroatoms. The molecule has 1 amide bonds. The van der Waals surface area contributed by atoms with Gasteiger partial charge in [0.15, 0.2) is 11.5 Å². The van der Waals surface area contributed by atoms with E-state index in [-0.39, 0.29) is 11.8 Å². The molecule has 0 saturated heterocycles. The van der Waals surface area contributed by atoms with Crippen molar-refractivity contribution < 1.29 is 14.3 Å². The standard InChI is InChI=1S/C19H26N4O3/c1-25-15-10-8-13(12-16(15)26-2)9-11-17-20-19(23-22-17)21-18(24)14-6-4-3-5-7-14/h8,10,12,14H,3-7,9,11H2,1-2H3,(H2,20,21,22,23,24). The highest BCUT2D eigenvalue weighted by atomic mass is 16.5. The van der Waals surface area contributed by atoms with Gasteiger partial charge in [-0.15, -0.1) is 5.10 Å². The van der Waals surface area contributed by atoms with Crippen LogP contribution in [0.3, 0.4) is 0 Å². The quantitative estimate of drug-likeness (QED) is 0.794. The minimum atomic E-state index is 0.0372. The molecule has 1 fully saturated rings. The molecule has 0 aliphatic heterocycles. The summed E-state index contributed by atoms with van der Waals surface area (Å²) in [5.74, 6) is 2.67. The number of carbonyl (C=O) groups is 1. The van der Waals surface area contributed by atoms with Crippen molar-refractivity contribution in [3.05, 3.63) is 29.6 Å². The molecule has 1 saturated carbocycles. The zero-order chi connectivity index (χ0) is 18.4. The van der Waals surface area contributed by atoms with Crippen LogP contribution in [0.4, 0.5) is 5.95 Å². The van der Waals surface area contributed by atoms with Crippen molar-refractivity contribution in [2.45, 2.75) is 44.9 Å². The van der Waals surface area contributed by atoms with E-state index in [1.54, 1.807) is 14.2 Å². The lowest BCUT2D eigenvalue weighted by atomic mass is 9.89. The highest BCUT2D eigenvalue weighted by molar-refractivity contribution is 5.90. The van der Waals surface area contributed by atoms with E-state index >= 15 is 0 Å². The van der Waals surface area contributed by atoms with Gasteiger partial charge in [-0.1, -0.05) is 25.3 Å². The van der Waals surface area contributed by atoms with E-state index in [9.17, 15) is 4.79 Å². The van der Waals surface area contributed by atoms with Gasteiger partial charge in [0, 0.05) is 12.3 Å². The summed E-state index contributed by atoms with van der Waals surface area (Å²) < 4.78 is 10.6. The first-order chi connectivity index (χ1) is 12.7. The van der Waals surface area contributed by atoms with Crippen molar-refractivity contribution in [2.24, 2.45) is 5.92 Å². The predicted molar refractivity (Wildman–Crippen MR) is 98.5 cm³/mol. The van der Waals surface area contributed by atoms with Crippen LogP contribution >= 0.6 is 0 Å². The van der Waals surface area contributed by atoms with Gasteiger partial charge in [0.1, 0.15) is 5.82 Å². The number of H-pyrrole nitrogens is 1. The van der Waals surface area contributed by atoms with Crippen molar-refractivity contribution in [3.63, 3.8) is 0 Å². The number of amides is 1. The first kappa shape index (κ1) is 18.2. The number of hydrogen-bond donors (Lipinski definition) is 2. The molecular weight excluding hydrogens is 332 g/mol. The number of aromatic nitrogens is 3. The minimum absolute atomic E-state index is 0.0372. The number of hydrogen-bond acceptors (Lipinski definition) is 5. The summed E-state index contributed by atoms with van der Waals surface area (Å²) in [6.07, 6.45) is 6.88. The summed E-state index contributed by atoms with van der Waals surface area (Å²) in [5.41, 5.74) is 1.12. The number of methoxy groups -OCH3 is 2. The molecule has 2 aromatic rings. The molecule has 1 aromatic heterocycles. The second kappa shape index (κ2) is 8.69. The highest BCUT2D eigenvalue weighted by Crippen LogP contribution is 2.28. The predicted octanol–water partition coefficient (Wildman–Crippen LogP) is 3.13. The molecule has 7 nitrogen and oxygen atoms in total. The second-order valence-electron chi connectivity index (χ2n) is 6.62. The van der Waals surface area contributed by atoms with Crippen LogP contribution in [0.1, 0.15) is 43.5 Å². The lowest BCUT2D eigenvalue weighted by Crippen LogP contribution is -2.25. The smallest absolute Gasteiger partial charge is 0.248 e. The molecule has 1 aliphatic carbocycles. The lowest BCUT2D eigenvalue weighted by molar-refractivity contribution is -0.120. The Hall–Kier alpha value is -2.57. The average molecular weight is 358 g/mol. The van der Waals surface area contributed by atoms with Gasteiger partial charge in [-0.3, -0.25) is 15.2 Å². The molecule has 0 spiro atoms. The summed E-state index contributed by atoms with van der Waals surface area (Å²) in [6.45, 7) is 0. The van der Waals surface area contributed by atoms with Gasteiger partial charge in [-0.2, -0.15) is 4.98 Å². The third kappa shape index (κ3) is 4.53. The van der Waals surface area contributed by atoms with E-state index in [4.69, 9.17) is 9.47 Å². The van der Waals surface area contributed by atoms with Crippen LogP contribution < -0.4 is 14.8 Å². The SMILES string of the molecule is COc1ccc(CCc2nc(NC(=O)C3CCCCC3)n[nH]2)cc1OC. The van der Waals surface area contributed by atoms with Gasteiger partial charge in [-0.05, 0) is 37.0 Å². The lowest BCUT2D eigenvalue weighted by Gasteiger charge is -2.19. The molecule has 0 bridgehead atoms. The summed E-state index contributed by atoms with van der Waals surface area (Å²) >= 11 is 0. The van der Waals surface area contributed by atoms with Gasteiger partial charge in [0.05, 0.1) is 14.2 Å². The fourth-order valence-corrected chi connectivity index (χ4v) is 3.34. The van der Waals surface area contributed by atoms with E-state index < -0.39 is 0 Å². The number of rotatable bonds is 7. The number of aryl methyl sites for hydroxylation is 2. The number of nitrogens with zero attached hydrogens (tertiary/aromatic N) is 2. The largest absolute Gasteiger partial charge is 0.493 e. The van der Waals surface area contributed by atoms with Crippen molar-refractivity contribution in [1.29, 1.82) is 0 Å². The summed E-state index contributed by atoms with van der Waals surface area (Å²) in [4.78, 5) is 16.6. The fourth-order valence-electron chi connectivity index (χ4n) is 3.34. The minimum Gasteiger partial charge on any atom is -0.493 e. The Bertz CT molecular complexity index is 738. The normalized spacial score (nSPS) is 14.8. The van der Waals surface area contributed by atoms with Crippen LogP contribution in [0, 0.1) is 5.92 Å². The molecule has 0 unspecified atom stereocenters. The van der Waals surface area contributed by atoms with E-state index in [2.05, 4.69) is 20.5 Å². The van der Waals surface area contributed by atoms with Gasteiger partial charge in [0.25, 0.3) is 0 Å². The van der Waals surface area contributed by atoms with Crippen LogP contribution in [0.15, 0.2) is 18.2 Å². The van der Waals surface area contributed by atoms with Gasteiger partial charge in [0.2, 0.25) is 11.9 Å². The number of aromatic amines is 1. The topological polar surface area (TPSA) is 89.1 Å². The summed E-state index contributed by atoms with van der Waals surface area (Å²) in [7, 11) is 3.24. The average Bonchev–Trinajstić information content (AvgIpc) is 3.14. The van der Waals surface area contributed by atoms with Crippen molar-refractivity contribution in [1.82, 2.24) is 15.2 Å². The molecule has 0 atom stereocenters. The van der Waals surface area contributed by atoms with Crippen LogP contribution in [0.25, 0.3) is 0 Å². The Labute approximate surface area is 153 Å². The maximum Gasteiger partial charge on any atom is 0.248 e. The van der Waals surface area contributed by atoms with Crippen LogP contribution in [-0.2, 0) is 17.6 Å². The molecule has 26 heavy (non-hydrogen) atoms. The monoisotopic (exact) mass is 358 g/mol. The summed E-state index contributed by atoms with van der Waals surface area (Å²) in [6, 6.07) is 5.86. The Morgan fingerprint density at radius 2 is 1.92 bits per heavy atom. The molecule has 2 N–H and O–H groups in total. The molecule has 1 aliphatic rings. The van der Waals surface area contributed by atoms with E-state index in [0.29, 0.717) is 23.9 Å². The van der Waals surface area contributed by atoms with Crippen LogP contribution in [0.2, 0.25) is 0 Å². The number of anilines is 1. The van der Waals surface area contributed by atoms with Crippen molar-refractivity contribution in [3.8, 4) is 11.5 Å². The van der Waals surface area contributed by atoms with Crippen molar-refractivity contribution >= 4 is 11.9 Å². The van der Waals surface area contributed by atoms with Crippen LogP contribution in [0.5, 0.6) is 11.5 Å². The zero-order valence-corrected chi connectivity index (χ0v) is 15.4. The van der Waals surface area contributed by atoms with Crippen LogP contribution in [-0.4, -0.2) is 35.3 Å². The number of nitrogens with one attached hydrogen (secondary N) is 2. The number of ether oxygens (including phenoxy) is 2. The Morgan fingerprint density at radius 3 is 2.65 bits per heavy atom. The molecule has 0 radical (unpaired) electrons. The first-order valence-corrected chi connectivity index (χ1v) is 9.12. The van der Waals surface area contributed by atoms with Gasteiger partial charge in [-0.25, -0.2) is 0 Å². The van der Waals surface area contributed by atoms with Gasteiger partial charge < -0.3 is 9.47 Å². The molecule has 1 aromatic carbocycles. The molecular formula is C19H26N4O3. The number of carbonyl (C=O) groups excluding carboxylic acids is 1. The zero-order valence-electron chi connectivity index (χ0n) is 15.4.